The third-order valence-corrected chi connectivity index (χ3v) is 4.35. The highest BCUT2D eigenvalue weighted by Crippen LogP contribution is 2.30. The molecule has 0 radical (unpaired) electrons. The molecule has 4 rings (SSSR count). The second-order valence-corrected chi connectivity index (χ2v) is 6.37. The molecule has 0 aliphatic rings. The number of para-hydroxylation sites is 1. The third-order valence-electron chi connectivity index (χ3n) is 4.35. The number of carbonyl (C=O) groups is 1. The van der Waals surface area contributed by atoms with Crippen LogP contribution in [0.25, 0.3) is 21.8 Å². The molecule has 0 amide bonds. The Morgan fingerprint density at radius 1 is 1.07 bits per heavy atom. The zero-order chi connectivity index (χ0) is 19.5. The highest BCUT2D eigenvalue weighted by molar-refractivity contribution is 6.10. The molecule has 0 aliphatic carbocycles. The van der Waals surface area contributed by atoms with Crippen LogP contribution in [0.5, 0.6) is 0 Å². The summed E-state index contributed by atoms with van der Waals surface area (Å²) in [5.41, 5.74) is 2.30. The first-order valence-corrected chi connectivity index (χ1v) is 9.05. The highest BCUT2D eigenvalue weighted by Gasteiger charge is 2.14. The number of aromatic nitrogens is 3. The van der Waals surface area contributed by atoms with Gasteiger partial charge in [0.05, 0.1) is 11.1 Å². The quantitative estimate of drug-likeness (QED) is 0.430. The van der Waals surface area contributed by atoms with Crippen molar-refractivity contribution in [2.75, 3.05) is 17.2 Å². The van der Waals surface area contributed by atoms with Gasteiger partial charge in [0.25, 0.3) is 0 Å². The van der Waals surface area contributed by atoms with Gasteiger partial charge in [-0.2, -0.15) is 0 Å². The number of fused-ring (bicyclic) bond motifs is 3. The first kappa shape index (κ1) is 17.7. The number of hydrogen-bond donors (Lipinski definition) is 3. The topological polar surface area (TPSA) is 100 Å². The van der Waals surface area contributed by atoms with Crippen LogP contribution in [0.3, 0.4) is 0 Å². The van der Waals surface area contributed by atoms with E-state index < -0.39 is 5.97 Å². The van der Waals surface area contributed by atoms with E-state index in [2.05, 4.69) is 32.5 Å². The summed E-state index contributed by atoms with van der Waals surface area (Å²) in [7, 11) is 0. The van der Waals surface area contributed by atoms with Crippen molar-refractivity contribution in [3.8, 4) is 0 Å². The van der Waals surface area contributed by atoms with Crippen molar-refractivity contribution in [1.82, 2.24) is 15.0 Å². The number of benzene rings is 2. The molecule has 2 aromatic carbocycles. The van der Waals surface area contributed by atoms with Crippen molar-refractivity contribution >= 4 is 45.2 Å². The Morgan fingerprint density at radius 2 is 1.89 bits per heavy atom. The summed E-state index contributed by atoms with van der Waals surface area (Å²) < 4.78 is 0. The molecule has 2 aromatic heterocycles. The van der Waals surface area contributed by atoms with Crippen LogP contribution in [0, 0.1) is 0 Å². The molecule has 0 saturated carbocycles. The van der Waals surface area contributed by atoms with Crippen LogP contribution >= 0.6 is 0 Å². The van der Waals surface area contributed by atoms with Gasteiger partial charge in [0.1, 0.15) is 5.52 Å². The monoisotopic (exact) mass is 373 g/mol. The maximum atomic E-state index is 11.4. The highest BCUT2D eigenvalue weighted by atomic mass is 16.4. The molecule has 0 spiro atoms. The van der Waals surface area contributed by atoms with E-state index in [0.717, 1.165) is 29.4 Å². The Morgan fingerprint density at radius 3 is 2.64 bits per heavy atom. The van der Waals surface area contributed by atoms with Gasteiger partial charge in [-0.1, -0.05) is 31.2 Å². The molecule has 3 N–H and O–H groups in total. The van der Waals surface area contributed by atoms with E-state index in [9.17, 15) is 9.90 Å². The number of carboxylic acids is 1. The van der Waals surface area contributed by atoms with Gasteiger partial charge < -0.3 is 15.7 Å². The van der Waals surface area contributed by atoms with Crippen molar-refractivity contribution in [2.24, 2.45) is 0 Å². The van der Waals surface area contributed by atoms with Gasteiger partial charge in [0.15, 0.2) is 5.82 Å². The Bertz CT molecular complexity index is 1160. The Balaban J connectivity index is 1.93. The SMILES string of the molecule is CCCNc1ncc2c(n1)c(Nc1ccccc1)nc1cc(C(=O)O)ccc12. The lowest BCUT2D eigenvalue weighted by atomic mass is 10.1. The molecule has 7 heteroatoms. The van der Waals surface area contributed by atoms with E-state index in [-0.39, 0.29) is 5.56 Å². The van der Waals surface area contributed by atoms with Gasteiger partial charge in [-0.15, -0.1) is 0 Å². The van der Waals surface area contributed by atoms with Crippen LogP contribution in [0.15, 0.2) is 54.7 Å². The third kappa shape index (κ3) is 3.42. The second-order valence-electron chi connectivity index (χ2n) is 6.37. The van der Waals surface area contributed by atoms with Crippen LogP contribution in [0.1, 0.15) is 23.7 Å². The summed E-state index contributed by atoms with van der Waals surface area (Å²) in [4.78, 5) is 25.1. The number of nitrogens with one attached hydrogen (secondary N) is 2. The minimum Gasteiger partial charge on any atom is -0.478 e. The molecule has 4 aromatic rings. The lowest BCUT2D eigenvalue weighted by molar-refractivity contribution is 0.0697. The summed E-state index contributed by atoms with van der Waals surface area (Å²) in [5, 5.41) is 17.4. The number of anilines is 3. The van der Waals surface area contributed by atoms with Gasteiger partial charge >= 0.3 is 5.97 Å². The van der Waals surface area contributed by atoms with Crippen LogP contribution in [-0.2, 0) is 0 Å². The molecule has 0 atom stereocenters. The molecule has 0 bridgehead atoms. The van der Waals surface area contributed by atoms with Gasteiger partial charge in [-0.25, -0.2) is 19.7 Å². The summed E-state index contributed by atoms with van der Waals surface area (Å²) in [6, 6.07) is 14.5. The minimum absolute atomic E-state index is 0.187. The van der Waals surface area contributed by atoms with Crippen LogP contribution < -0.4 is 10.6 Å². The summed E-state index contributed by atoms with van der Waals surface area (Å²) in [6.07, 6.45) is 2.71. The fourth-order valence-corrected chi connectivity index (χ4v) is 2.99. The fourth-order valence-electron chi connectivity index (χ4n) is 2.99. The van der Waals surface area contributed by atoms with Crippen LogP contribution in [-0.4, -0.2) is 32.6 Å². The number of pyridine rings is 1. The van der Waals surface area contributed by atoms with Gasteiger partial charge in [-0.3, -0.25) is 0 Å². The maximum absolute atomic E-state index is 11.4. The van der Waals surface area contributed by atoms with E-state index in [1.165, 1.54) is 0 Å². The molecule has 2 heterocycles. The first-order valence-electron chi connectivity index (χ1n) is 9.05. The molecule has 140 valence electrons. The molecule has 28 heavy (non-hydrogen) atoms. The molecular weight excluding hydrogens is 354 g/mol. The van der Waals surface area contributed by atoms with E-state index in [4.69, 9.17) is 0 Å². The normalized spacial score (nSPS) is 10.9. The van der Waals surface area contributed by atoms with E-state index >= 15 is 0 Å². The average molecular weight is 373 g/mol. The molecule has 0 fully saturated rings. The zero-order valence-corrected chi connectivity index (χ0v) is 15.3. The predicted molar refractivity (Wildman–Crippen MR) is 110 cm³/mol. The Kier molecular flexibility index (Phi) is 4.72. The molecule has 0 saturated heterocycles. The number of carboxylic acid groups (broad SMARTS) is 1. The molecule has 7 nitrogen and oxygen atoms in total. The van der Waals surface area contributed by atoms with Crippen molar-refractivity contribution in [1.29, 1.82) is 0 Å². The second kappa shape index (κ2) is 7.48. The zero-order valence-electron chi connectivity index (χ0n) is 15.3. The predicted octanol–water partition coefficient (Wildman–Crippen LogP) is 4.44. The van der Waals surface area contributed by atoms with Crippen molar-refractivity contribution in [2.45, 2.75) is 13.3 Å². The number of hydrogen-bond acceptors (Lipinski definition) is 6. The van der Waals surface area contributed by atoms with E-state index in [0.29, 0.717) is 22.8 Å². The lowest BCUT2D eigenvalue weighted by Crippen LogP contribution is -2.06. The first-order chi connectivity index (χ1) is 13.7. The van der Waals surface area contributed by atoms with Crippen molar-refractivity contribution < 1.29 is 9.90 Å². The van der Waals surface area contributed by atoms with Crippen LogP contribution in [0.2, 0.25) is 0 Å². The van der Waals surface area contributed by atoms with E-state index in [1.54, 1.807) is 24.4 Å². The van der Waals surface area contributed by atoms with Gasteiger partial charge in [0.2, 0.25) is 5.95 Å². The largest absolute Gasteiger partial charge is 0.478 e. The summed E-state index contributed by atoms with van der Waals surface area (Å²) >= 11 is 0. The average Bonchev–Trinajstić information content (AvgIpc) is 2.72. The number of aromatic carboxylic acids is 1. The lowest BCUT2D eigenvalue weighted by Gasteiger charge is -2.12. The van der Waals surface area contributed by atoms with Crippen molar-refractivity contribution in [3.63, 3.8) is 0 Å². The minimum atomic E-state index is -0.989. The van der Waals surface area contributed by atoms with E-state index in [1.807, 2.05) is 30.3 Å². The standard InChI is InChI=1S/C21H19N5O2/c1-2-10-22-21-23-12-16-15-9-8-13(20(27)28)11-17(15)25-19(18(16)26-21)24-14-6-4-3-5-7-14/h3-9,11-12H,2,10H2,1H3,(H,24,25)(H,27,28)(H,22,23,26). The Hall–Kier alpha value is -3.74. The smallest absolute Gasteiger partial charge is 0.335 e. The maximum Gasteiger partial charge on any atom is 0.335 e. The van der Waals surface area contributed by atoms with Crippen LogP contribution in [0.4, 0.5) is 17.5 Å². The van der Waals surface area contributed by atoms with Gasteiger partial charge in [0, 0.05) is 29.2 Å². The number of nitrogens with zero attached hydrogens (tertiary/aromatic N) is 3. The van der Waals surface area contributed by atoms with Gasteiger partial charge in [-0.05, 0) is 30.7 Å². The van der Waals surface area contributed by atoms with Crippen molar-refractivity contribution in [3.05, 3.63) is 60.3 Å². The molecule has 0 aliphatic heterocycles. The fraction of sp³-hybridized carbons (Fsp3) is 0.143. The number of rotatable bonds is 6. The Labute approximate surface area is 161 Å². The molecule has 0 unspecified atom stereocenters. The summed E-state index contributed by atoms with van der Waals surface area (Å²) in [6.45, 7) is 2.85. The summed E-state index contributed by atoms with van der Waals surface area (Å²) in [5.74, 6) is 0.101. The molecular formula is C21H19N5O2.